The van der Waals surface area contributed by atoms with Crippen LogP contribution in [0.15, 0.2) is 29.2 Å². The molecule has 0 aliphatic carbocycles. The smallest absolute Gasteiger partial charge is 0.243 e. The van der Waals surface area contributed by atoms with Crippen LogP contribution in [0.3, 0.4) is 0 Å². The molecule has 0 saturated carbocycles. The minimum Gasteiger partial charge on any atom is -0.379 e. The van der Waals surface area contributed by atoms with Crippen molar-refractivity contribution < 1.29 is 17.9 Å². The summed E-state index contributed by atoms with van der Waals surface area (Å²) in [5, 5.41) is 3.20. The van der Waals surface area contributed by atoms with E-state index in [1.807, 2.05) is 0 Å². The lowest BCUT2D eigenvalue weighted by molar-refractivity contribution is -0.121. The van der Waals surface area contributed by atoms with E-state index in [1.165, 1.54) is 31.3 Å². The number of likely N-dealkylation sites (N-methyl/N-ethyl adjacent to an activating group) is 1. The van der Waals surface area contributed by atoms with Gasteiger partial charge in [0.2, 0.25) is 15.9 Å². The van der Waals surface area contributed by atoms with Crippen molar-refractivity contribution >= 4 is 27.5 Å². The highest BCUT2D eigenvalue weighted by Crippen LogP contribution is 2.17. The number of sulfonamides is 1. The molecule has 0 spiro atoms. The molecule has 2 rings (SSSR count). The quantitative estimate of drug-likeness (QED) is 0.746. The third-order valence-corrected chi connectivity index (χ3v) is 5.81. The van der Waals surface area contributed by atoms with Gasteiger partial charge in [-0.2, -0.15) is 4.31 Å². The molecule has 1 heterocycles. The Hall–Kier alpha value is -1.19. The Morgan fingerprint density at radius 1 is 1.29 bits per heavy atom. The summed E-state index contributed by atoms with van der Waals surface area (Å²) in [4.78, 5) is 14.2. The van der Waals surface area contributed by atoms with Gasteiger partial charge in [0.1, 0.15) is 0 Å². The number of amides is 1. The number of halogens is 1. The molecule has 0 radical (unpaired) electrons. The lowest BCUT2D eigenvalue weighted by Gasteiger charge is -2.26. The highest BCUT2D eigenvalue weighted by molar-refractivity contribution is 7.89. The second kappa shape index (κ2) is 8.77. The Balaban J connectivity index is 1.80. The van der Waals surface area contributed by atoms with Gasteiger partial charge < -0.3 is 10.1 Å². The molecule has 1 amide bonds. The number of nitrogens with one attached hydrogen (secondary N) is 1. The molecule has 1 aliphatic heterocycles. The largest absolute Gasteiger partial charge is 0.379 e. The molecule has 0 bridgehead atoms. The number of benzene rings is 1. The summed E-state index contributed by atoms with van der Waals surface area (Å²) in [6, 6.07) is 5.85. The van der Waals surface area contributed by atoms with Crippen LogP contribution in [0.1, 0.15) is 0 Å². The first-order chi connectivity index (χ1) is 11.4. The first kappa shape index (κ1) is 19.1. The van der Waals surface area contributed by atoms with Gasteiger partial charge in [-0.15, -0.1) is 0 Å². The minimum atomic E-state index is -3.71. The van der Waals surface area contributed by atoms with E-state index in [-0.39, 0.29) is 17.3 Å². The number of hydrogen-bond acceptors (Lipinski definition) is 5. The monoisotopic (exact) mass is 375 g/mol. The maximum atomic E-state index is 12.4. The van der Waals surface area contributed by atoms with E-state index in [1.54, 1.807) is 0 Å². The van der Waals surface area contributed by atoms with Crippen molar-refractivity contribution in [2.24, 2.45) is 0 Å². The number of rotatable bonds is 7. The topological polar surface area (TPSA) is 79.0 Å². The summed E-state index contributed by atoms with van der Waals surface area (Å²) in [6.45, 7) is 4.08. The molecule has 1 N–H and O–H groups in total. The summed E-state index contributed by atoms with van der Waals surface area (Å²) in [5.41, 5.74) is 0. The summed E-state index contributed by atoms with van der Waals surface area (Å²) < 4.78 is 31.0. The van der Waals surface area contributed by atoms with Crippen LogP contribution < -0.4 is 5.32 Å². The zero-order chi connectivity index (χ0) is 17.6. The lowest BCUT2D eigenvalue weighted by atomic mass is 10.4. The Kier molecular flexibility index (Phi) is 7.00. The second-order valence-electron chi connectivity index (χ2n) is 5.52. The maximum absolute atomic E-state index is 12.4. The van der Waals surface area contributed by atoms with Crippen LogP contribution in [0, 0.1) is 0 Å². The highest BCUT2D eigenvalue weighted by Gasteiger charge is 2.22. The van der Waals surface area contributed by atoms with E-state index >= 15 is 0 Å². The number of ether oxygens (including phenoxy) is 1. The van der Waals surface area contributed by atoms with E-state index < -0.39 is 10.0 Å². The molecule has 1 aromatic carbocycles. The predicted molar refractivity (Wildman–Crippen MR) is 91.5 cm³/mol. The predicted octanol–water partition coefficient (Wildman–Crippen LogP) is 0.409. The lowest BCUT2D eigenvalue weighted by Crippen LogP contribution is -2.43. The molecule has 7 nitrogen and oxygen atoms in total. The fraction of sp³-hybridized carbons (Fsp3) is 0.533. The molecule has 0 atom stereocenters. The molecular formula is C15H22ClN3O4S. The SMILES string of the molecule is CN(CC(=O)NCCN1CCOCC1)S(=O)(=O)c1ccc(Cl)cc1. The molecule has 24 heavy (non-hydrogen) atoms. The minimum absolute atomic E-state index is 0.107. The first-order valence-corrected chi connectivity index (χ1v) is 9.50. The van der Waals surface area contributed by atoms with Gasteiger partial charge in [-0.25, -0.2) is 8.42 Å². The number of carbonyl (C=O) groups excluding carboxylic acids is 1. The van der Waals surface area contributed by atoms with Crippen LogP contribution in [0.5, 0.6) is 0 Å². The number of carbonyl (C=O) groups is 1. The normalized spacial score (nSPS) is 16.3. The molecule has 1 fully saturated rings. The third kappa shape index (κ3) is 5.42. The zero-order valence-electron chi connectivity index (χ0n) is 13.6. The molecule has 1 saturated heterocycles. The van der Waals surface area contributed by atoms with Crippen LogP contribution >= 0.6 is 11.6 Å². The van der Waals surface area contributed by atoms with Gasteiger partial charge in [-0.3, -0.25) is 9.69 Å². The number of nitrogens with zero attached hydrogens (tertiary/aromatic N) is 2. The van der Waals surface area contributed by atoms with Gasteiger partial charge in [0.05, 0.1) is 24.7 Å². The number of morpholine rings is 1. The maximum Gasteiger partial charge on any atom is 0.243 e. The summed E-state index contributed by atoms with van der Waals surface area (Å²) in [7, 11) is -2.33. The van der Waals surface area contributed by atoms with Gasteiger partial charge in [-0.05, 0) is 24.3 Å². The van der Waals surface area contributed by atoms with Gasteiger partial charge in [0.15, 0.2) is 0 Å². The van der Waals surface area contributed by atoms with Crippen molar-refractivity contribution in [2.45, 2.75) is 4.90 Å². The van der Waals surface area contributed by atoms with E-state index in [0.29, 0.717) is 24.8 Å². The Morgan fingerprint density at radius 3 is 2.54 bits per heavy atom. The molecule has 9 heteroatoms. The summed E-state index contributed by atoms with van der Waals surface area (Å²) in [6.07, 6.45) is 0. The van der Waals surface area contributed by atoms with Crippen LogP contribution in [-0.2, 0) is 19.6 Å². The van der Waals surface area contributed by atoms with Crippen molar-refractivity contribution in [3.63, 3.8) is 0 Å². The first-order valence-electron chi connectivity index (χ1n) is 7.68. The second-order valence-corrected chi connectivity index (χ2v) is 8.00. The van der Waals surface area contributed by atoms with Crippen molar-refractivity contribution in [3.8, 4) is 0 Å². The van der Waals surface area contributed by atoms with Crippen LogP contribution in [-0.4, -0.2) is 76.5 Å². The standard InChI is InChI=1S/C15H22ClN3O4S/c1-18(24(21,22)14-4-2-13(16)3-5-14)12-15(20)17-6-7-19-8-10-23-11-9-19/h2-5H,6-12H2,1H3,(H,17,20). The zero-order valence-corrected chi connectivity index (χ0v) is 15.1. The van der Waals surface area contributed by atoms with Gasteiger partial charge in [0, 0.05) is 38.2 Å². The fourth-order valence-corrected chi connectivity index (χ4v) is 3.56. The molecule has 0 aromatic heterocycles. The van der Waals surface area contributed by atoms with Gasteiger partial charge in [0.25, 0.3) is 0 Å². The van der Waals surface area contributed by atoms with E-state index in [9.17, 15) is 13.2 Å². The summed E-state index contributed by atoms with van der Waals surface area (Å²) in [5.74, 6) is -0.330. The van der Waals surface area contributed by atoms with Crippen LogP contribution in [0.4, 0.5) is 0 Å². The van der Waals surface area contributed by atoms with E-state index in [2.05, 4.69) is 10.2 Å². The highest BCUT2D eigenvalue weighted by atomic mass is 35.5. The number of hydrogen-bond donors (Lipinski definition) is 1. The Bertz CT molecular complexity index is 645. The molecule has 134 valence electrons. The molecule has 1 aliphatic rings. The molecule has 0 unspecified atom stereocenters. The van der Waals surface area contributed by atoms with Crippen molar-refractivity contribution in [3.05, 3.63) is 29.3 Å². The van der Waals surface area contributed by atoms with Crippen molar-refractivity contribution in [1.29, 1.82) is 0 Å². The molecular weight excluding hydrogens is 354 g/mol. The van der Waals surface area contributed by atoms with Crippen molar-refractivity contribution in [2.75, 3.05) is 53.0 Å². The Labute approximate surface area is 147 Å². The van der Waals surface area contributed by atoms with E-state index in [0.717, 1.165) is 23.9 Å². The third-order valence-electron chi connectivity index (χ3n) is 3.74. The van der Waals surface area contributed by atoms with Crippen LogP contribution in [0.25, 0.3) is 0 Å². The summed E-state index contributed by atoms with van der Waals surface area (Å²) >= 11 is 5.76. The van der Waals surface area contributed by atoms with Crippen LogP contribution in [0.2, 0.25) is 5.02 Å². The average Bonchev–Trinajstić information content (AvgIpc) is 2.56. The fourth-order valence-electron chi connectivity index (χ4n) is 2.31. The average molecular weight is 376 g/mol. The Morgan fingerprint density at radius 2 is 1.92 bits per heavy atom. The van der Waals surface area contributed by atoms with Gasteiger partial charge in [-0.1, -0.05) is 11.6 Å². The van der Waals surface area contributed by atoms with Crippen molar-refractivity contribution in [1.82, 2.24) is 14.5 Å². The van der Waals surface area contributed by atoms with E-state index in [4.69, 9.17) is 16.3 Å². The van der Waals surface area contributed by atoms with Gasteiger partial charge >= 0.3 is 0 Å². The molecule has 1 aromatic rings.